The second-order valence-corrected chi connectivity index (χ2v) is 21.6. The first-order chi connectivity index (χ1) is 40.5. The van der Waals surface area contributed by atoms with Gasteiger partial charge in [-0.3, -0.25) is 39.3 Å². The first kappa shape index (κ1) is 56.2. The molecule has 11 rings (SSSR count). The molecular formula is C65H68N10O8. The van der Waals surface area contributed by atoms with E-state index < -0.39 is 17.7 Å². The Balaban J connectivity index is 0.691. The topological polar surface area (TPSA) is 207 Å². The van der Waals surface area contributed by atoms with Crippen molar-refractivity contribution in [2.45, 2.75) is 110 Å². The molecule has 6 aromatic heterocycles. The van der Waals surface area contributed by atoms with Crippen molar-refractivity contribution < 1.29 is 33.7 Å². The molecular weight excluding hydrogens is 1050 g/mol. The average molecular weight is 1120 g/mol. The first-order valence-electron chi connectivity index (χ1n) is 28.7. The molecule has 1 saturated heterocycles. The van der Waals surface area contributed by atoms with E-state index in [0.29, 0.717) is 107 Å². The predicted octanol–water partition coefficient (Wildman–Crippen LogP) is 8.81. The van der Waals surface area contributed by atoms with Crippen molar-refractivity contribution in [1.82, 2.24) is 49.5 Å². The van der Waals surface area contributed by atoms with Gasteiger partial charge in [-0.25, -0.2) is 14.6 Å². The maximum Gasteiger partial charge on any atom is 0.415 e. The molecule has 1 fully saturated rings. The summed E-state index contributed by atoms with van der Waals surface area (Å²) in [6, 6.07) is 37.5. The summed E-state index contributed by atoms with van der Waals surface area (Å²) in [7, 11) is 0. The fourth-order valence-corrected chi connectivity index (χ4v) is 11.6. The van der Waals surface area contributed by atoms with Gasteiger partial charge in [0.2, 0.25) is 5.91 Å². The lowest BCUT2D eigenvalue weighted by atomic mass is 9.86. The highest BCUT2D eigenvalue weighted by atomic mass is 16.6. The minimum atomic E-state index is -1.92. The van der Waals surface area contributed by atoms with Crippen LogP contribution in [0.4, 0.5) is 4.79 Å². The number of hydrogen-bond acceptors (Lipinski definition) is 15. The molecule has 0 spiro atoms. The number of esters is 1. The van der Waals surface area contributed by atoms with Crippen LogP contribution in [0.3, 0.4) is 0 Å². The van der Waals surface area contributed by atoms with Crippen LogP contribution in [0.1, 0.15) is 102 Å². The molecule has 3 aliphatic rings. The Morgan fingerprint density at radius 3 is 1.84 bits per heavy atom. The molecule has 0 saturated carbocycles. The van der Waals surface area contributed by atoms with E-state index in [-0.39, 0.29) is 48.1 Å². The van der Waals surface area contributed by atoms with Gasteiger partial charge >= 0.3 is 12.1 Å². The zero-order chi connectivity index (χ0) is 57.3. The Kier molecular flexibility index (Phi) is 17.3. The SMILES string of the molecule is CCc1c2c(nc3ccc(OC(=O)N4CCC(C(=O)NCCCCOc5cc(CN(Cc6ccccn6)Cc6ccccn6)cc(CN(Cc6ccccn6)Cc6ccccn6)c5)CC4)cc13)-c1cc3c(c(=O)n1C2)COC(=O)[C@@]3(O)CC. The minimum Gasteiger partial charge on any atom is -0.494 e. The van der Waals surface area contributed by atoms with E-state index in [4.69, 9.17) is 19.2 Å². The highest BCUT2D eigenvalue weighted by Gasteiger charge is 2.45. The standard InChI is InChI=1S/C65H68N10O8/c1-3-53-54-34-51(19-20-58(54)71-60-55(53)42-75-59(60)35-57-56(62(75)77)43-82-63(78)65(57,80)4-2)83-64(79)74-28-21-46(22-29-74)61(76)70-27-13-14-30-81-52-32-44(36-72(38-47-15-5-9-23-66-47)39-48-16-6-10-24-67-48)31-45(33-52)37-73(40-49-17-7-11-25-68-49)41-50-18-8-12-26-69-50/h5-12,15-20,23-26,31-35,46,80H,3-4,13-14,21-22,27-30,36-43H2,1-2H3,(H,70,76)/t65-/m1/s1. The molecule has 426 valence electrons. The molecule has 0 bridgehead atoms. The number of rotatable bonds is 22. The molecule has 18 nitrogen and oxygen atoms in total. The zero-order valence-corrected chi connectivity index (χ0v) is 46.9. The Morgan fingerprint density at radius 1 is 0.711 bits per heavy atom. The number of fused-ring (bicyclic) bond motifs is 5. The van der Waals surface area contributed by atoms with E-state index in [9.17, 15) is 24.3 Å². The summed E-state index contributed by atoms with van der Waals surface area (Å²) in [5.41, 5.74) is 8.01. The Bertz CT molecular complexity index is 3470. The fourth-order valence-electron chi connectivity index (χ4n) is 11.6. The van der Waals surface area contributed by atoms with Gasteiger partial charge in [0.05, 0.1) is 58.4 Å². The van der Waals surface area contributed by atoms with Gasteiger partial charge in [-0.05, 0) is 140 Å². The van der Waals surface area contributed by atoms with Gasteiger partial charge in [0.25, 0.3) is 5.56 Å². The summed E-state index contributed by atoms with van der Waals surface area (Å²) in [4.78, 5) is 83.4. The van der Waals surface area contributed by atoms with Gasteiger partial charge in [-0.1, -0.05) is 44.2 Å². The van der Waals surface area contributed by atoms with Crippen molar-refractivity contribution in [1.29, 1.82) is 0 Å². The van der Waals surface area contributed by atoms with E-state index in [1.807, 2.05) is 111 Å². The number of carbonyl (C=O) groups excluding carboxylic acids is 3. The Labute approximate surface area is 482 Å². The van der Waals surface area contributed by atoms with Crippen LogP contribution in [0.5, 0.6) is 11.5 Å². The average Bonchev–Trinajstić information content (AvgIpc) is 4.15. The summed E-state index contributed by atoms with van der Waals surface area (Å²) in [5, 5.41) is 15.3. The van der Waals surface area contributed by atoms with Crippen LogP contribution in [0, 0.1) is 5.92 Å². The van der Waals surface area contributed by atoms with Gasteiger partial charge in [0, 0.05) is 106 Å². The van der Waals surface area contributed by atoms with Crippen LogP contribution in [-0.2, 0) is 78.8 Å². The van der Waals surface area contributed by atoms with Crippen molar-refractivity contribution in [2.75, 3.05) is 26.2 Å². The monoisotopic (exact) mass is 1120 g/mol. The molecule has 2 aromatic carbocycles. The number of aliphatic hydroxyl groups is 1. The van der Waals surface area contributed by atoms with Gasteiger partial charge in [0.15, 0.2) is 5.60 Å². The van der Waals surface area contributed by atoms with Gasteiger partial charge in [0.1, 0.15) is 18.1 Å². The lowest BCUT2D eigenvalue weighted by Crippen LogP contribution is -2.44. The quantitative estimate of drug-likeness (QED) is 0.0480. The number of nitrogens with one attached hydrogen (secondary N) is 1. The van der Waals surface area contributed by atoms with Crippen molar-refractivity contribution in [3.8, 4) is 22.9 Å². The summed E-state index contributed by atoms with van der Waals surface area (Å²) >= 11 is 0. The number of aryl methyl sites for hydroxylation is 1. The maximum absolute atomic E-state index is 13.8. The highest BCUT2D eigenvalue weighted by Crippen LogP contribution is 2.41. The predicted molar refractivity (Wildman–Crippen MR) is 311 cm³/mol. The molecule has 18 heteroatoms. The Hall–Kier alpha value is -8.71. The number of ether oxygens (including phenoxy) is 3. The largest absolute Gasteiger partial charge is 0.494 e. The number of cyclic esters (lactones) is 1. The summed E-state index contributed by atoms with van der Waals surface area (Å²) < 4.78 is 19.3. The Morgan fingerprint density at radius 2 is 1.30 bits per heavy atom. The van der Waals surface area contributed by atoms with Crippen molar-refractivity contribution >= 4 is 28.9 Å². The normalized spacial score (nSPS) is 15.7. The summed E-state index contributed by atoms with van der Waals surface area (Å²) in [5.74, 6) is 0.122. The van der Waals surface area contributed by atoms with E-state index in [1.54, 1.807) is 34.6 Å². The molecule has 83 heavy (non-hydrogen) atoms. The third-order valence-electron chi connectivity index (χ3n) is 15.9. The number of nitrogens with zero attached hydrogens (tertiary/aromatic N) is 9. The zero-order valence-electron chi connectivity index (χ0n) is 46.9. The summed E-state index contributed by atoms with van der Waals surface area (Å²) in [6.45, 7) is 9.31. The van der Waals surface area contributed by atoms with Gasteiger partial charge < -0.3 is 34.1 Å². The van der Waals surface area contributed by atoms with E-state index >= 15 is 0 Å². The number of piperidine rings is 1. The molecule has 0 radical (unpaired) electrons. The van der Waals surface area contributed by atoms with Crippen molar-refractivity contribution in [2.24, 2.45) is 5.92 Å². The number of unbranched alkanes of at least 4 members (excludes halogenated alkanes) is 1. The number of aromatic nitrogens is 6. The lowest BCUT2D eigenvalue weighted by Gasteiger charge is -2.31. The fraction of sp³-hybridized carbons (Fsp3) is 0.338. The molecule has 2 N–H and O–H groups in total. The molecule has 2 amide bonds. The minimum absolute atomic E-state index is 0.0210. The molecule has 8 aromatic rings. The molecule has 3 aliphatic heterocycles. The molecule has 0 unspecified atom stereocenters. The van der Waals surface area contributed by atoms with Crippen LogP contribution in [0.2, 0.25) is 0 Å². The highest BCUT2D eigenvalue weighted by molar-refractivity contribution is 5.90. The lowest BCUT2D eigenvalue weighted by molar-refractivity contribution is -0.172. The van der Waals surface area contributed by atoms with Crippen LogP contribution < -0.4 is 20.3 Å². The van der Waals surface area contributed by atoms with E-state index in [2.05, 4.69) is 53.3 Å². The number of pyridine rings is 6. The third kappa shape index (κ3) is 13.0. The number of carbonyl (C=O) groups is 3. The number of hydrogen-bond donors (Lipinski definition) is 2. The van der Waals surface area contributed by atoms with Gasteiger partial charge in [-0.2, -0.15) is 0 Å². The second-order valence-electron chi connectivity index (χ2n) is 21.6. The van der Waals surface area contributed by atoms with Crippen LogP contribution in [0.15, 0.2) is 145 Å². The smallest absolute Gasteiger partial charge is 0.415 e. The van der Waals surface area contributed by atoms with Crippen LogP contribution in [0.25, 0.3) is 22.3 Å². The van der Waals surface area contributed by atoms with Crippen LogP contribution in [-0.4, -0.2) is 93.5 Å². The van der Waals surface area contributed by atoms with Crippen LogP contribution >= 0.6 is 0 Å². The number of benzene rings is 2. The maximum atomic E-state index is 13.8. The van der Waals surface area contributed by atoms with Gasteiger partial charge in [-0.15, -0.1) is 0 Å². The summed E-state index contributed by atoms with van der Waals surface area (Å²) in [6.07, 6.45) is 9.96. The van der Waals surface area contributed by atoms with Crippen molar-refractivity contribution in [3.05, 3.63) is 207 Å². The van der Waals surface area contributed by atoms with Crippen molar-refractivity contribution in [3.63, 3.8) is 0 Å². The number of likely N-dealkylation sites (tertiary alicyclic amines) is 1. The van der Waals surface area contributed by atoms with E-state index in [0.717, 1.165) is 69.0 Å². The molecule has 1 atom stereocenters. The van der Waals surface area contributed by atoms with E-state index in [1.165, 1.54) is 0 Å². The molecule has 0 aliphatic carbocycles. The first-order valence-corrected chi connectivity index (χ1v) is 28.7. The molecule has 9 heterocycles. The number of amides is 2. The second kappa shape index (κ2) is 25.6. The third-order valence-corrected chi connectivity index (χ3v) is 15.9.